The van der Waals surface area contributed by atoms with Gasteiger partial charge in [0, 0.05) is 5.92 Å². The van der Waals surface area contributed by atoms with Gasteiger partial charge in [-0.1, -0.05) is 26.7 Å². The van der Waals surface area contributed by atoms with Crippen molar-refractivity contribution in [1.82, 2.24) is 0 Å². The number of rotatable bonds is 6. The molecule has 0 unspecified atom stereocenters. The minimum Gasteiger partial charge on any atom is -0.396 e. The molecule has 0 spiro atoms. The van der Waals surface area contributed by atoms with Crippen molar-refractivity contribution >= 4 is 21.4 Å². The van der Waals surface area contributed by atoms with Gasteiger partial charge in [0.15, 0.2) is 0 Å². The molecule has 0 fully saturated rings. The van der Waals surface area contributed by atoms with E-state index in [2.05, 4.69) is 0 Å². The molecule has 0 aliphatic heterocycles. The second-order valence-corrected chi connectivity index (χ2v) is 6.75. The molecule has 17 heavy (non-hydrogen) atoms. The Bertz CT molecular complexity index is 449. The molecule has 0 bridgehead atoms. The first kappa shape index (κ1) is 14.6. The van der Waals surface area contributed by atoms with Gasteiger partial charge in [0.1, 0.15) is 4.21 Å². The van der Waals surface area contributed by atoms with Crippen LogP contribution in [0.25, 0.3) is 0 Å². The van der Waals surface area contributed by atoms with Crippen molar-refractivity contribution in [2.24, 2.45) is 11.1 Å². The lowest BCUT2D eigenvalue weighted by atomic mass is 9.84. The zero-order chi connectivity index (χ0) is 13.1. The molecule has 3 N–H and O–H groups in total. The molecule has 6 heteroatoms. The van der Waals surface area contributed by atoms with Gasteiger partial charge in [-0.15, -0.1) is 11.3 Å². The first-order valence-corrected chi connectivity index (χ1v) is 8.09. The quantitative estimate of drug-likeness (QED) is 0.833. The van der Waals surface area contributed by atoms with Gasteiger partial charge in [0.25, 0.3) is 0 Å². The third kappa shape index (κ3) is 3.28. The summed E-state index contributed by atoms with van der Waals surface area (Å²) in [4.78, 5) is 0. The SMILES string of the molecule is CCC(CC)[C@H](CO)c1ccsc1S(N)(=O)=O. The van der Waals surface area contributed by atoms with Crippen molar-refractivity contribution < 1.29 is 13.5 Å². The van der Waals surface area contributed by atoms with E-state index in [9.17, 15) is 13.5 Å². The maximum atomic E-state index is 11.4. The van der Waals surface area contributed by atoms with Crippen LogP contribution < -0.4 is 5.14 Å². The van der Waals surface area contributed by atoms with Crippen molar-refractivity contribution in [3.05, 3.63) is 17.0 Å². The molecule has 0 aromatic carbocycles. The Hall–Kier alpha value is -0.430. The van der Waals surface area contributed by atoms with Crippen LogP contribution in [-0.2, 0) is 10.0 Å². The zero-order valence-corrected chi connectivity index (χ0v) is 11.7. The summed E-state index contributed by atoms with van der Waals surface area (Å²) in [6.07, 6.45) is 1.81. The topological polar surface area (TPSA) is 80.4 Å². The van der Waals surface area contributed by atoms with Crippen LogP contribution in [0.15, 0.2) is 15.7 Å². The number of thiophene rings is 1. The first-order valence-electron chi connectivity index (χ1n) is 5.66. The summed E-state index contributed by atoms with van der Waals surface area (Å²) in [5.74, 6) is 0.125. The van der Waals surface area contributed by atoms with Gasteiger partial charge in [-0.25, -0.2) is 13.6 Å². The average Bonchev–Trinajstić information content (AvgIpc) is 2.73. The third-order valence-corrected chi connectivity index (χ3v) is 5.59. The van der Waals surface area contributed by atoms with Crippen LogP contribution in [0, 0.1) is 5.92 Å². The second kappa shape index (κ2) is 5.95. The van der Waals surface area contributed by atoms with Crippen LogP contribution in [0.2, 0.25) is 0 Å². The summed E-state index contributed by atoms with van der Waals surface area (Å²) in [5.41, 5.74) is 0.661. The predicted octanol–water partition coefficient (Wildman–Crippen LogP) is 1.91. The van der Waals surface area contributed by atoms with Crippen molar-refractivity contribution in [2.45, 2.75) is 36.8 Å². The molecule has 0 saturated carbocycles. The van der Waals surface area contributed by atoms with Crippen LogP contribution in [0.5, 0.6) is 0 Å². The smallest absolute Gasteiger partial charge is 0.247 e. The highest BCUT2D eigenvalue weighted by molar-refractivity contribution is 7.91. The Kier molecular flexibility index (Phi) is 5.12. The van der Waals surface area contributed by atoms with Crippen LogP contribution in [0.1, 0.15) is 38.2 Å². The lowest BCUT2D eigenvalue weighted by Gasteiger charge is -2.23. The molecule has 1 heterocycles. The molecule has 1 rings (SSSR count). The minimum atomic E-state index is -3.69. The molecular formula is C11H19NO3S2. The molecule has 0 saturated heterocycles. The molecule has 98 valence electrons. The van der Waals surface area contributed by atoms with E-state index < -0.39 is 10.0 Å². The summed E-state index contributed by atoms with van der Waals surface area (Å²) in [7, 11) is -3.69. The summed E-state index contributed by atoms with van der Waals surface area (Å²) in [6.45, 7) is 4.03. The number of aliphatic hydroxyl groups is 1. The third-order valence-electron chi connectivity index (χ3n) is 3.13. The summed E-state index contributed by atoms with van der Waals surface area (Å²) in [5, 5.41) is 16.4. The largest absolute Gasteiger partial charge is 0.396 e. The molecule has 1 aromatic rings. The lowest BCUT2D eigenvalue weighted by Crippen LogP contribution is -2.19. The van der Waals surface area contributed by atoms with E-state index in [1.165, 1.54) is 0 Å². The zero-order valence-electron chi connectivity index (χ0n) is 10.1. The second-order valence-electron chi connectivity index (χ2n) is 4.07. The van der Waals surface area contributed by atoms with E-state index in [0.717, 1.165) is 24.2 Å². The molecule has 0 aliphatic rings. The van der Waals surface area contributed by atoms with Crippen molar-refractivity contribution in [1.29, 1.82) is 0 Å². The van der Waals surface area contributed by atoms with Crippen molar-refractivity contribution in [3.63, 3.8) is 0 Å². The molecule has 1 aromatic heterocycles. The van der Waals surface area contributed by atoms with Crippen LogP contribution in [0.3, 0.4) is 0 Å². The fourth-order valence-electron chi connectivity index (χ4n) is 2.17. The molecule has 0 amide bonds. The van der Waals surface area contributed by atoms with Crippen molar-refractivity contribution in [2.75, 3.05) is 6.61 Å². The molecular weight excluding hydrogens is 258 g/mol. The number of hydrogen-bond donors (Lipinski definition) is 2. The fraction of sp³-hybridized carbons (Fsp3) is 0.636. The van der Waals surface area contributed by atoms with Gasteiger partial charge < -0.3 is 5.11 Å². The Labute approximate surface area is 107 Å². The number of primary sulfonamides is 1. The fourth-order valence-corrected chi connectivity index (χ4v) is 4.12. The average molecular weight is 277 g/mol. The van der Waals surface area contributed by atoms with E-state index in [0.29, 0.717) is 5.56 Å². The standard InChI is InChI=1S/C11H19NO3S2/c1-3-8(4-2)10(7-13)9-5-6-16-11(9)17(12,14)15/h5-6,8,10,13H,3-4,7H2,1-2H3,(H2,12,14,15)/t10-/m0/s1. The van der Waals surface area contributed by atoms with Crippen molar-refractivity contribution in [3.8, 4) is 0 Å². The first-order chi connectivity index (χ1) is 7.95. The van der Waals surface area contributed by atoms with Crippen LogP contribution in [-0.4, -0.2) is 20.1 Å². The van der Waals surface area contributed by atoms with Gasteiger partial charge in [0.05, 0.1) is 6.61 Å². The number of aliphatic hydroxyl groups excluding tert-OH is 1. The van der Waals surface area contributed by atoms with Gasteiger partial charge in [-0.05, 0) is 22.9 Å². The number of hydrogen-bond acceptors (Lipinski definition) is 4. The maximum Gasteiger partial charge on any atom is 0.247 e. The molecule has 1 atom stereocenters. The van der Waals surface area contributed by atoms with E-state index in [1.54, 1.807) is 11.4 Å². The molecule has 4 nitrogen and oxygen atoms in total. The lowest BCUT2D eigenvalue weighted by molar-refractivity contribution is 0.217. The molecule has 0 aliphatic carbocycles. The summed E-state index contributed by atoms with van der Waals surface area (Å²) < 4.78 is 23.1. The Balaban J connectivity index is 3.17. The van der Waals surface area contributed by atoms with Crippen LogP contribution >= 0.6 is 11.3 Å². The normalized spacial score (nSPS) is 14.2. The Morgan fingerprint density at radius 1 is 1.41 bits per heavy atom. The highest BCUT2D eigenvalue weighted by Gasteiger charge is 2.26. The number of sulfonamides is 1. The van der Waals surface area contributed by atoms with E-state index in [-0.39, 0.29) is 22.7 Å². The van der Waals surface area contributed by atoms with Gasteiger partial charge in [0.2, 0.25) is 10.0 Å². The van der Waals surface area contributed by atoms with E-state index >= 15 is 0 Å². The highest BCUT2D eigenvalue weighted by atomic mass is 32.2. The Morgan fingerprint density at radius 2 is 2.00 bits per heavy atom. The van der Waals surface area contributed by atoms with Crippen LogP contribution in [0.4, 0.5) is 0 Å². The summed E-state index contributed by atoms with van der Waals surface area (Å²) in [6, 6.07) is 1.75. The minimum absolute atomic E-state index is 0.0500. The van der Waals surface area contributed by atoms with Gasteiger partial charge >= 0.3 is 0 Å². The summed E-state index contributed by atoms with van der Waals surface area (Å²) >= 11 is 1.11. The van der Waals surface area contributed by atoms with E-state index in [4.69, 9.17) is 5.14 Å². The highest BCUT2D eigenvalue weighted by Crippen LogP contribution is 2.35. The maximum absolute atomic E-state index is 11.4. The van der Waals surface area contributed by atoms with Gasteiger partial charge in [-0.2, -0.15) is 0 Å². The van der Waals surface area contributed by atoms with Gasteiger partial charge in [-0.3, -0.25) is 0 Å². The Morgan fingerprint density at radius 3 is 2.41 bits per heavy atom. The van der Waals surface area contributed by atoms with E-state index in [1.807, 2.05) is 13.8 Å². The monoisotopic (exact) mass is 277 g/mol. The number of nitrogens with two attached hydrogens (primary N) is 1. The molecule has 0 radical (unpaired) electrons. The predicted molar refractivity (Wildman–Crippen MR) is 69.6 cm³/mol.